The minimum absolute atomic E-state index is 0.153. The van der Waals surface area contributed by atoms with Crippen LogP contribution in [-0.4, -0.2) is 41.4 Å². The highest BCUT2D eigenvalue weighted by Crippen LogP contribution is 2.25. The predicted molar refractivity (Wildman–Crippen MR) is 113 cm³/mol. The number of benzene rings is 2. The van der Waals surface area contributed by atoms with E-state index in [1.54, 1.807) is 30.3 Å². The van der Waals surface area contributed by atoms with Gasteiger partial charge in [-0.05, 0) is 68.5 Å². The Hall–Kier alpha value is -3.15. The summed E-state index contributed by atoms with van der Waals surface area (Å²) in [5.41, 5.74) is 2.07. The Morgan fingerprint density at radius 2 is 1.63 bits per heavy atom. The number of carbonyl (C=O) groups excluding carboxylic acids is 3. The Kier molecular flexibility index (Phi) is 6.87. The van der Waals surface area contributed by atoms with E-state index in [2.05, 4.69) is 0 Å². The fraction of sp³-hybridized carbons (Fsp3) is 0.375. The molecule has 0 spiro atoms. The van der Waals surface area contributed by atoms with Gasteiger partial charge in [0.1, 0.15) is 5.75 Å². The third-order valence-electron chi connectivity index (χ3n) is 5.36. The highest BCUT2D eigenvalue weighted by molar-refractivity contribution is 5.92. The van der Waals surface area contributed by atoms with Crippen LogP contribution >= 0.6 is 0 Å². The van der Waals surface area contributed by atoms with Gasteiger partial charge in [-0.25, -0.2) is 4.79 Å². The van der Waals surface area contributed by atoms with Crippen LogP contribution in [0.4, 0.5) is 0 Å². The van der Waals surface area contributed by atoms with Crippen LogP contribution in [0.5, 0.6) is 5.75 Å². The van der Waals surface area contributed by atoms with Crippen molar-refractivity contribution < 1.29 is 23.9 Å². The molecule has 6 nitrogen and oxygen atoms in total. The van der Waals surface area contributed by atoms with Crippen molar-refractivity contribution in [2.75, 3.05) is 6.61 Å². The molecule has 1 aliphatic heterocycles. The molecule has 0 unspecified atom stereocenters. The molecule has 6 heteroatoms. The monoisotopic (exact) mass is 409 g/mol. The molecule has 0 bridgehead atoms. The summed E-state index contributed by atoms with van der Waals surface area (Å²) in [6.07, 6.45) is 3.06. The van der Waals surface area contributed by atoms with E-state index in [1.807, 2.05) is 36.9 Å². The molecular formula is C24H27NO5. The minimum atomic E-state index is -0.529. The zero-order valence-corrected chi connectivity index (χ0v) is 17.6. The Morgan fingerprint density at radius 1 is 0.967 bits per heavy atom. The number of piperidine rings is 1. The van der Waals surface area contributed by atoms with Crippen LogP contribution in [-0.2, 0) is 14.3 Å². The van der Waals surface area contributed by atoms with Crippen molar-refractivity contribution in [2.45, 2.75) is 52.1 Å². The van der Waals surface area contributed by atoms with Crippen molar-refractivity contribution in [1.29, 1.82) is 0 Å². The van der Waals surface area contributed by atoms with Gasteiger partial charge in [0.25, 0.3) is 5.91 Å². The Balaban J connectivity index is 1.64. The second kappa shape index (κ2) is 9.57. The molecule has 0 N–H and O–H groups in total. The third-order valence-corrected chi connectivity index (χ3v) is 5.36. The second-order valence-corrected chi connectivity index (χ2v) is 7.70. The van der Waals surface area contributed by atoms with Gasteiger partial charge in [-0.1, -0.05) is 24.3 Å². The lowest BCUT2D eigenvalue weighted by Gasteiger charge is -2.38. The first-order valence-electron chi connectivity index (χ1n) is 10.2. The van der Waals surface area contributed by atoms with Crippen molar-refractivity contribution in [3.63, 3.8) is 0 Å². The van der Waals surface area contributed by atoms with Gasteiger partial charge >= 0.3 is 11.9 Å². The first kappa shape index (κ1) is 21.6. The standard InChI is InChI=1S/C24H27NO5/c1-16-6-4-7-17(2)25(16)23(27)15-29-24(28)21-9-5-8-20(14-21)19-10-12-22(13-11-19)30-18(3)26/h5,8-14,16-17H,4,6-7,15H2,1-3H3/t16-,17-/m0/s1. The molecule has 0 radical (unpaired) electrons. The molecule has 1 heterocycles. The molecule has 158 valence electrons. The third kappa shape index (κ3) is 5.26. The number of amides is 1. The molecular weight excluding hydrogens is 382 g/mol. The second-order valence-electron chi connectivity index (χ2n) is 7.70. The van der Waals surface area contributed by atoms with Crippen LogP contribution in [0.15, 0.2) is 48.5 Å². The van der Waals surface area contributed by atoms with Crippen LogP contribution in [0.1, 0.15) is 50.4 Å². The average Bonchev–Trinajstić information content (AvgIpc) is 2.72. The van der Waals surface area contributed by atoms with Gasteiger partial charge in [-0.15, -0.1) is 0 Å². The van der Waals surface area contributed by atoms with Gasteiger partial charge < -0.3 is 14.4 Å². The van der Waals surface area contributed by atoms with E-state index in [9.17, 15) is 14.4 Å². The molecule has 0 saturated carbocycles. The summed E-state index contributed by atoms with van der Waals surface area (Å²) in [6, 6.07) is 14.4. The maximum atomic E-state index is 12.6. The summed E-state index contributed by atoms with van der Waals surface area (Å²) in [7, 11) is 0. The molecule has 2 aromatic carbocycles. The first-order chi connectivity index (χ1) is 14.3. The van der Waals surface area contributed by atoms with Gasteiger partial charge in [0.05, 0.1) is 5.56 Å². The molecule has 0 aromatic heterocycles. The number of hydrogen-bond acceptors (Lipinski definition) is 5. The molecule has 1 amide bonds. The summed E-state index contributed by atoms with van der Waals surface area (Å²) in [5.74, 6) is -0.601. The molecule has 30 heavy (non-hydrogen) atoms. The smallest absolute Gasteiger partial charge is 0.338 e. The van der Waals surface area contributed by atoms with Gasteiger partial charge in [0.2, 0.25) is 0 Å². The Labute approximate surface area is 176 Å². The van der Waals surface area contributed by atoms with Gasteiger partial charge in [0.15, 0.2) is 6.61 Å². The van der Waals surface area contributed by atoms with Crippen molar-refractivity contribution >= 4 is 17.8 Å². The lowest BCUT2D eigenvalue weighted by Crippen LogP contribution is -2.49. The van der Waals surface area contributed by atoms with E-state index >= 15 is 0 Å². The number of ether oxygens (including phenoxy) is 2. The molecule has 2 aromatic rings. The Bertz CT molecular complexity index is 911. The van der Waals surface area contributed by atoms with Crippen LogP contribution in [0, 0.1) is 0 Å². The van der Waals surface area contributed by atoms with E-state index < -0.39 is 5.97 Å². The molecule has 1 fully saturated rings. The number of hydrogen-bond donors (Lipinski definition) is 0. The van der Waals surface area contributed by atoms with E-state index in [4.69, 9.17) is 9.47 Å². The van der Waals surface area contributed by atoms with Gasteiger partial charge in [0, 0.05) is 19.0 Å². The maximum Gasteiger partial charge on any atom is 0.338 e. The number of rotatable bonds is 5. The van der Waals surface area contributed by atoms with Crippen molar-refractivity contribution in [2.24, 2.45) is 0 Å². The van der Waals surface area contributed by atoms with Crippen molar-refractivity contribution in [1.82, 2.24) is 4.90 Å². The van der Waals surface area contributed by atoms with Gasteiger partial charge in [-0.2, -0.15) is 0 Å². The summed E-state index contributed by atoms with van der Waals surface area (Å²) in [6.45, 7) is 5.16. The SMILES string of the molecule is CC(=O)Oc1ccc(-c2cccc(C(=O)OCC(=O)N3[C@@H](C)CCC[C@@H]3C)c2)cc1. The van der Waals surface area contributed by atoms with Crippen molar-refractivity contribution in [3.8, 4) is 16.9 Å². The fourth-order valence-electron chi connectivity index (χ4n) is 3.91. The molecule has 3 rings (SSSR count). The quantitative estimate of drug-likeness (QED) is 0.546. The van der Waals surface area contributed by atoms with E-state index in [0.717, 1.165) is 30.4 Å². The summed E-state index contributed by atoms with van der Waals surface area (Å²) in [4.78, 5) is 37.9. The van der Waals surface area contributed by atoms with Gasteiger partial charge in [-0.3, -0.25) is 9.59 Å². The van der Waals surface area contributed by atoms with E-state index in [1.165, 1.54) is 6.92 Å². The van der Waals surface area contributed by atoms with Crippen LogP contribution in [0.2, 0.25) is 0 Å². The zero-order valence-electron chi connectivity index (χ0n) is 17.6. The van der Waals surface area contributed by atoms with Crippen LogP contribution in [0.25, 0.3) is 11.1 Å². The minimum Gasteiger partial charge on any atom is -0.452 e. The maximum absolute atomic E-state index is 12.6. The normalized spacial score (nSPS) is 18.6. The largest absolute Gasteiger partial charge is 0.452 e. The predicted octanol–water partition coefficient (Wildman–Crippen LogP) is 4.23. The van der Waals surface area contributed by atoms with Crippen LogP contribution < -0.4 is 4.74 Å². The lowest BCUT2D eigenvalue weighted by atomic mass is 9.97. The number of likely N-dealkylation sites (tertiary alicyclic amines) is 1. The molecule has 1 aliphatic rings. The number of esters is 2. The average molecular weight is 409 g/mol. The topological polar surface area (TPSA) is 72.9 Å². The van der Waals surface area contributed by atoms with Crippen LogP contribution in [0.3, 0.4) is 0 Å². The summed E-state index contributed by atoms with van der Waals surface area (Å²) in [5, 5.41) is 0. The van der Waals surface area contributed by atoms with E-state index in [-0.39, 0.29) is 30.6 Å². The summed E-state index contributed by atoms with van der Waals surface area (Å²) < 4.78 is 10.3. The zero-order chi connectivity index (χ0) is 21.7. The number of nitrogens with zero attached hydrogens (tertiary/aromatic N) is 1. The molecule has 0 aliphatic carbocycles. The van der Waals surface area contributed by atoms with E-state index in [0.29, 0.717) is 11.3 Å². The Morgan fingerprint density at radius 3 is 2.27 bits per heavy atom. The fourth-order valence-corrected chi connectivity index (χ4v) is 3.91. The highest BCUT2D eigenvalue weighted by atomic mass is 16.5. The lowest BCUT2D eigenvalue weighted by molar-refractivity contribution is -0.140. The van der Waals surface area contributed by atoms with Crippen molar-refractivity contribution in [3.05, 3.63) is 54.1 Å². The molecule has 1 saturated heterocycles. The molecule has 2 atom stereocenters. The number of carbonyl (C=O) groups is 3. The summed E-state index contributed by atoms with van der Waals surface area (Å²) >= 11 is 0. The highest BCUT2D eigenvalue weighted by Gasteiger charge is 2.29. The first-order valence-corrected chi connectivity index (χ1v) is 10.2.